The zero-order chi connectivity index (χ0) is 21.1. The average Bonchev–Trinajstić information content (AvgIpc) is 3.25. The van der Waals surface area contributed by atoms with E-state index in [1.54, 1.807) is 11.3 Å². The monoisotopic (exact) mass is 414 g/mol. The van der Waals surface area contributed by atoms with Gasteiger partial charge in [-0.2, -0.15) is 0 Å². The highest BCUT2D eigenvalue weighted by molar-refractivity contribution is 7.11. The summed E-state index contributed by atoms with van der Waals surface area (Å²) in [4.78, 5) is 10.6. The number of hydrogen-bond acceptors (Lipinski definition) is 4. The van der Waals surface area contributed by atoms with E-state index in [1.165, 1.54) is 11.1 Å². The summed E-state index contributed by atoms with van der Waals surface area (Å²) in [5.74, 6) is 0. The molecule has 4 heteroatoms. The molecule has 0 saturated carbocycles. The number of aliphatic hydroxyl groups is 1. The summed E-state index contributed by atoms with van der Waals surface area (Å²) in [6, 6.07) is 4.18. The van der Waals surface area contributed by atoms with E-state index >= 15 is 0 Å². The number of hydrogen-bond donors (Lipinski definition) is 1. The molecule has 1 aromatic rings. The van der Waals surface area contributed by atoms with Crippen molar-refractivity contribution in [1.29, 1.82) is 0 Å². The van der Waals surface area contributed by atoms with E-state index < -0.39 is 6.10 Å². The molecule has 1 aromatic heterocycles. The molecule has 0 radical (unpaired) electrons. The maximum atomic E-state index is 11.2. The second kappa shape index (κ2) is 8.90. The standard InChI is InChI=1S/C26H26N2OS/c1-4-20-21(5-2)26(29)25(27-3)19-14-18(17-10-7-6-8-11-17)15-23(28-22(20)16-19)24-12-9-13-30-24/h4-10,12-13,15,26,29H,3,11,14,16H2,1-2H3/b18-17+,20-4+,21-5+,23-15-,28-22-. The van der Waals surface area contributed by atoms with Gasteiger partial charge in [-0.15, -0.1) is 11.3 Å². The molecule has 1 N–H and O–H groups in total. The van der Waals surface area contributed by atoms with Crippen LogP contribution in [0.1, 0.15) is 38.0 Å². The van der Waals surface area contributed by atoms with Crippen LogP contribution < -0.4 is 0 Å². The molecule has 0 aromatic carbocycles. The molecule has 3 aliphatic rings. The molecule has 0 spiro atoms. The van der Waals surface area contributed by atoms with Crippen LogP contribution in [0.25, 0.3) is 5.70 Å². The summed E-state index contributed by atoms with van der Waals surface area (Å²) < 4.78 is 0. The highest BCUT2D eigenvalue weighted by Gasteiger charge is 2.30. The largest absolute Gasteiger partial charge is 0.382 e. The molecule has 3 nitrogen and oxygen atoms in total. The maximum absolute atomic E-state index is 11.2. The molecule has 30 heavy (non-hydrogen) atoms. The predicted molar refractivity (Wildman–Crippen MR) is 129 cm³/mol. The Kier molecular flexibility index (Phi) is 6.07. The summed E-state index contributed by atoms with van der Waals surface area (Å²) in [7, 11) is 0. The second-order valence-corrected chi connectivity index (χ2v) is 8.40. The van der Waals surface area contributed by atoms with Gasteiger partial charge in [0.1, 0.15) is 6.10 Å². The molecular formula is C26H26N2OS. The van der Waals surface area contributed by atoms with Gasteiger partial charge in [0.2, 0.25) is 0 Å². The van der Waals surface area contributed by atoms with Crippen LogP contribution in [0.5, 0.6) is 0 Å². The lowest BCUT2D eigenvalue weighted by Crippen LogP contribution is -2.15. The highest BCUT2D eigenvalue weighted by Crippen LogP contribution is 2.39. The quantitative estimate of drug-likeness (QED) is 0.562. The van der Waals surface area contributed by atoms with Crippen LogP contribution in [0, 0.1) is 0 Å². The Hall–Kier alpha value is -2.82. The lowest BCUT2D eigenvalue weighted by atomic mass is 9.90. The van der Waals surface area contributed by atoms with Crippen LogP contribution in [0.4, 0.5) is 0 Å². The van der Waals surface area contributed by atoms with Gasteiger partial charge in [-0.1, -0.05) is 42.5 Å². The minimum Gasteiger partial charge on any atom is -0.382 e. The van der Waals surface area contributed by atoms with Gasteiger partial charge < -0.3 is 5.11 Å². The topological polar surface area (TPSA) is 45.0 Å². The first-order valence-electron chi connectivity index (χ1n) is 10.2. The van der Waals surface area contributed by atoms with Gasteiger partial charge in [0.15, 0.2) is 0 Å². The minimum absolute atomic E-state index is 0.654. The maximum Gasteiger partial charge on any atom is 0.121 e. The van der Waals surface area contributed by atoms with E-state index in [2.05, 4.69) is 59.6 Å². The van der Waals surface area contributed by atoms with Crippen molar-refractivity contribution in [2.45, 2.75) is 39.2 Å². The Balaban J connectivity index is 2.00. The molecular weight excluding hydrogens is 388 g/mol. The van der Waals surface area contributed by atoms with E-state index in [4.69, 9.17) is 4.99 Å². The first kappa shape index (κ1) is 20.5. The van der Waals surface area contributed by atoms with Crippen LogP contribution in [-0.2, 0) is 0 Å². The van der Waals surface area contributed by atoms with Gasteiger partial charge in [-0.05, 0) is 78.8 Å². The van der Waals surface area contributed by atoms with Crippen molar-refractivity contribution in [3.8, 4) is 0 Å². The van der Waals surface area contributed by atoms with Gasteiger partial charge in [0.25, 0.3) is 0 Å². The van der Waals surface area contributed by atoms with Gasteiger partial charge in [-0.3, -0.25) is 9.98 Å². The van der Waals surface area contributed by atoms with E-state index in [0.717, 1.165) is 45.8 Å². The van der Waals surface area contributed by atoms with Crippen LogP contribution >= 0.6 is 11.3 Å². The molecule has 152 valence electrons. The zero-order valence-electron chi connectivity index (χ0n) is 17.4. The van der Waals surface area contributed by atoms with Crippen molar-refractivity contribution in [3.05, 3.63) is 98.5 Å². The first-order valence-corrected chi connectivity index (χ1v) is 11.1. The number of rotatable bonds is 2. The Bertz CT molecular complexity index is 1100. The third-order valence-electron chi connectivity index (χ3n) is 5.73. The van der Waals surface area contributed by atoms with Crippen molar-refractivity contribution in [3.63, 3.8) is 0 Å². The second-order valence-electron chi connectivity index (χ2n) is 7.46. The van der Waals surface area contributed by atoms with Crippen molar-refractivity contribution in [2.75, 3.05) is 0 Å². The Labute approximate surface area is 182 Å². The molecule has 0 saturated heterocycles. The summed E-state index contributed by atoms with van der Waals surface area (Å²) in [6.45, 7) is 7.73. The number of aliphatic hydroxyl groups excluding tert-OH is 1. The number of aliphatic imine (C=N–C) groups is 2. The van der Waals surface area contributed by atoms with E-state index in [9.17, 15) is 5.11 Å². The molecule has 2 bridgehead atoms. The molecule has 0 amide bonds. The number of allylic oxidation sites excluding steroid dienone is 10. The average molecular weight is 415 g/mol. The Morgan fingerprint density at radius 2 is 2.07 bits per heavy atom. The minimum atomic E-state index is -0.794. The van der Waals surface area contributed by atoms with Crippen LogP contribution in [0.15, 0.2) is 104 Å². The van der Waals surface area contributed by atoms with Crippen molar-refractivity contribution in [2.24, 2.45) is 9.98 Å². The molecule has 4 rings (SSSR count). The molecule has 1 aliphatic heterocycles. The fourth-order valence-corrected chi connectivity index (χ4v) is 4.96. The fraction of sp³-hybridized carbons (Fsp3) is 0.231. The number of fused-ring (bicyclic) bond motifs is 2. The third kappa shape index (κ3) is 3.81. The van der Waals surface area contributed by atoms with Gasteiger partial charge >= 0.3 is 0 Å². The summed E-state index contributed by atoms with van der Waals surface area (Å²) in [6.07, 6.45) is 16.2. The molecule has 0 fully saturated rings. The van der Waals surface area contributed by atoms with Crippen LogP contribution in [0.3, 0.4) is 0 Å². The summed E-state index contributed by atoms with van der Waals surface area (Å²) in [5.41, 5.74) is 8.02. The number of thiophene rings is 1. The van der Waals surface area contributed by atoms with E-state index in [1.807, 2.05) is 26.0 Å². The SMILES string of the molecule is C=NC1=C2CC(=N/C(c3cccs3)=C\C(=C3/C=CC=CC3)C2)/C(=C/C)C(=C\C)/C1O. The van der Waals surface area contributed by atoms with Crippen LogP contribution in [0.2, 0.25) is 0 Å². The van der Waals surface area contributed by atoms with E-state index in [0.29, 0.717) is 12.1 Å². The van der Waals surface area contributed by atoms with Gasteiger partial charge in [0.05, 0.1) is 22.0 Å². The Morgan fingerprint density at radius 1 is 1.20 bits per heavy atom. The van der Waals surface area contributed by atoms with E-state index in [-0.39, 0.29) is 0 Å². The molecule has 1 atom stereocenters. The fourth-order valence-electron chi connectivity index (χ4n) is 4.27. The summed E-state index contributed by atoms with van der Waals surface area (Å²) in [5, 5.41) is 13.3. The molecule has 2 heterocycles. The van der Waals surface area contributed by atoms with Gasteiger partial charge in [0, 0.05) is 6.42 Å². The van der Waals surface area contributed by atoms with Crippen molar-refractivity contribution in [1.82, 2.24) is 0 Å². The molecule has 2 aliphatic carbocycles. The zero-order valence-corrected chi connectivity index (χ0v) is 18.2. The van der Waals surface area contributed by atoms with Crippen LogP contribution in [-0.4, -0.2) is 23.6 Å². The lowest BCUT2D eigenvalue weighted by Gasteiger charge is -2.18. The van der Waals surface area contributed by atoms with Gasteiger partial charge in [-0.25, -0.2) is 0 Å². The smallest absolute Gasteiger partial charge is 0.121 e. The van der Waals surface area contributed by atoms with Crippen molar-refractivity contribution < 1.29 is 5.11 Å². The predicted octanol–water partition coefficient (Wildman–Crippen LogP) is 6.36. The van der Waals surface area contributed by atoms with Crippen molar-refractivity contribution >= 4 is 29.5 Å². The lowest BCUT2D eigenvalue weighted by molar-refractivity contribution is 0.247. The normalized spacial score (nSPS) is 30.4. The summed E-state index contributed by atoms with van der Waals surface area (Å²) >= 11 is 1.70. The third-order valence-corrected chi connectivity index (χ3v) is 6.62. The highest BCUT2D eigenvalue weighted by atomic mass is 32.1. The molecule has 1 unspecified atom stereocenters. The Morgan fingerprint density at radius 3 is 2.70 bits per heavy atom. The number of nitrogens with zero attached hydrogens (tertiary/aromatic N) is 2. The first-order chi connectivity index (χ1) is 14.7.